The van der Waals surface area contributed by atoms with Gasteiger partial charge >= 0.3 is 5.97 Å². The monoisotopic (exact) mass is 335 g/mol. The van der Waals surface area contributed by atoms with E-state index in [2.05, 4.69) is 9.46 Å². The molecule has 0 spiro atoms. The van der Waals surface area contributed by atoms with Gasteiger partial charge in [0.05, 0.1) is 17.7 Å². The number of sulfonamides is 1. The lowest BCUT2D eigenvalue weighted by molar-refractivity contribution is -0.134. The first-order chi connectivity index (χ1) is 10.9. The Kier molecular flexibility index (Phi) is 5.13. The second-order valence-corrected chi connectivity index (χ2v) is 6.23. The van der Waals surface area contributed by atoms with Crippen molar-refractivity contribution in [3.63, 3.8) is 0 Å². The molecule has 0 unspecified atom stereocenters. The molecule has 0 bridgehead atoms. The number of halogens is 1. The molecular formula is C16H14FNO4S. The molecule has 2 aromatic carbocycles. The quantitative estimate of drug-likeness (QED) is 0.674. The van der Waals surface area contributed by atoms with Crippen LogP contribution < -0.4 is 4.72 Å². The van der Waals surface area contributed by atoms with Crippen LogP contribution >= 0.6 is 0 Å². The van der Waals surface area contributed by atoms with Crippen LogP contribution in [0.2, 0.25) is 0 Å². The first kappa shape index (κ1) is 16.7. The topological polar surface area (TPSA) is 72.5 Å². The molecule has 2 aromatic rings. The molecular weight excluding hydrogens is 321 g/mol. The zero-order valence-electron chi connectivity index (χ0n) is 12.2. The van der Waals surface area contributed by atoms with Crippen molar-refractivity contribution in [2.24, 2.45) is 0 Å². The number of ether oxygens (including phenoxy) is 1. The van der Waals surface area contributed by atoms with Gasteiger partial charge < -0.3 is 4.74 Å². The lowest BCUT2D eigenvalue weighted by Gasteiger charge is -2.08. The fraction of sp³-hybridized carbons (Fsp3) is 0.0625. The van der Waals surface area contributed by atoms with Crippen LogP contribution in [0.3, 0.4) is 0 Å². The molecule has 0 aliphatic rings. The minimum absolute atomic E-state index is 0.00576. The molecule has 7 heteroatoms. The third-order valence-electron chi connectivity index (χ3n) is 2.86. The molecule has 0 aromatic heterocycles. The number of nitrogens with one attached hydrogen (secondary N) is 1. The number of rotatable bonds is 5. The highest BCUT2D eigenvalue weighted by atomic mass is 32.2. The highest BCUT2D eigenvalue weighted by molar-refractivity contribution is 7.92. The SMILES string of the molecule is COC(=O)C=Cc1cccc(S(=O)(=O)Nc2cccc(F)c2)c1. The van der Waals surface area contributed by atoms with Crippen molar-refractivity contribution in [2.75, 3.05) is 11.8 Å². The molecule has 0 atom stereocenters. The summed E-state index contributed by atoms with van der Waals surface area (Å²) in [6, 6.07) is 11.1. The van der Waals surface area contributed by atoms with Gasteiger partial charge in [0.1, 0.15) is 5.82 Å². The van der Waals surface area contributed by atoms with Gasteiger partial charge in [0.15, 0.2) is 0 Å². The number of hydrogen-bond acceptors (Lipinski definition) is 4. The summed E-state index contributed by atoms with van der Waals surface area (Å²) in [5.41, 5.74) is 0.637. The van der Waals surface area contributed by atoms with Crippen molar-refractivity contribution >= 4 is 27.8 Å². The van der Waals surface area contributed by atoms with Crippen LogP contribution in [0, 0.1) is 5.82 Å². The maximum absolute atomic E-state index is 13.1. The van der Waals surface area contributed by atoms with E-state index in [1.807, 2.05) is 0 Å². The summed E-state index contributed by atoms with van der Waals surface area (Å²) in [5.74, 6) is -1.09. The molecule has 0 radical (unpaired) electrons. The van der Waals surface area contributed by atoms with Crippen molar-refractivity contribution in [1.82, 2.24) is 0 Å². The van der Waals surface area contributed by atoms with Crippen molar-refractivity contribution in [2.45, 2.75) is 4.90 Å². The maximum atomic E-state index is 13.1. The molecule has 5 nitrogen and oxygen atoms in total. The van der Waals surface area contributed by atoms with Crippen LogP contribution in [-0.4, -0.2) is 21.5 Å². The summed E-state index contributed by atoms with van der Waals surface area (Å²) in [4.78, 5) is 11.1. The number of carbonyl (C=O) groups excluding carboxylic acids is 1. The largest absolute Gasteiger partial charge is 0.466 e. The van der Waals surface area contributed by atoms with Gasteiger partial charge in [-0.3, -0.25) is 4.72 Å². The maximum Gasteiger partial charge on any atom is 0.330 e. The second kappa shape index (κ2) is 7.06. The van der Waals surface area contributed by atoms with Crippen LogP contribution in [0.1, 0.15) is 5.56 Å². The summed E-state index contributed by atoms with van der Waals surface area (Å²) in [5, 5.41) is 0. The summed E-state index contributed by atoms with van der Waals surface area (Å²) in [6.45, 7) is 0. The van der Waals surface area contributed by atoms with E-state index < -0.39 is 21.8 Å². The average Bonchev–Trinajstić information content (AvgIpc) is 2.52. The van der Waals surface area contributed by atoms with E-state index in [0.717, 1.165) is 6.07 Å². The van der Waals surface area contributed by atoms with E-state index in [1.54, 1.807) is 6.07 Å². The minimum atomic E-state index is -3.86. The van der Waals surface area contributed by atoms with Crippen LogP contribution in [0.25, 0.3) is 6.08 Å². The summed E-state index contributed by atoms with van der Waals surface area (Å²) < 4.78 is 44.5. The predicted molar refractivity (Wildman–Crippen MR) is 84.7 cm³/mol. The zero-order valence-corrected chi connectivity index (χ0v) is 13.0. The van der Waals surface area contributed by atoms with E-state index in [0.29, 0.717) is 5.56 Å². The molecule has 120 valence electrons. The molecule has 0 amide bonds. The highest BCUT2D eigenvalue weighted by Crippen LogP contribution is 2.18. The first-order valence-electron chi connectivity index (χ1n) is 6.55. The van der Waals surface area contributed by atoms with Gasteiger partial charge in [-0.25, -0.2) is 17.6 Å². The molecule has 0 saturated carbocycles. The summed E-state index contributed by atoms with van der Waals surface area (Å²) in [6.07, 6.45) is 2.62. The average molecular weight is 335 g/mol. The number of hydrogen-bond donors (Lipinski definition) is 1. The number of carbonyl (C=O) groups is 1. The van der Waals surface area contributed by atoms with Gasteiger partial charge in [-0.1, -0.05) is 18.2 Å². The smallest absolute Gasteiger partial charge is 0.330 e. The van der Waals surface area contributed by atoms with Gasteiger partial charge in [-0.05, 0) is 42.0 Å². The van der Waals surface area contributed by atoms with Gasteiger partial charge in [0, 0.05) is 6.08 Å². The first-order valence-corrected chi connectivity index (χ1v) is 8.03. The second-order valence-electron chi connectivity index (χ2n) is 4.54. The lowest BCUT2D eigenvalue weighted by atomic mass is 10.2. The number of methoxy groups -OCH3 is 1. The number of esters is 1. The fourth-order valence-corrected chi connectivity index (χ4v) is 2.89. The van der Waals surface area contributed by atoms with Crippen LogP contribution in [-0.2, 0) is 19.6 Å². The van der Waals surface area contributed by atoms with E-state index in [4.69, 9.17) is 0 Å². The standard InChI is InChI=1S/C16H14FNO4S/c1-22-16(19)9-8-12-4-2-7-15(10-12)23(20,21)18-14-6-3-5-13(17)11-14/h2-11,18H,1H3. The number of anilines is 1. The Morgan fingerprint density at radius 2 is 1.91 bits per heavy atom. The van der Waals surface area contributed by atoms with Crippen LogP contribution in [0.4, 0.5) is 10.1 Å². The van der Waals surface area contributed by atoms with Gasteiger partial charge in [-0.15, -0.1) is 0 Å². The van der Waals surface area contributed by atoms with Gasteiger partial charge in [0.25, 0.3) is 10.0 Å². The Balaban J connectivity index is 2.26. The molecule has 0 heterocycles. The summed E-state index contributed by atoms with van der Waals surface area (Å²) in [7, 11) is -2.62. The Labute approximate surface area is 133 Å². The van der Waals surface area contributed by atoms with Crippen molar-refractivity contribution in [3.8, 4) is 0 Å². The minimum Gasteiger partial charge on any atom is -0.466 e. The highest BCUT2D eigenvalue weighted by Gasteiger charge is 2.14. The molecule has 2 rings (SSSR count). The van der Waals surface area contributed by atoms with Gasteiger partial charge in [-0.2, -0.15) is 0 Å². The Morgan fingerprint density at radius 1 is 1.17 bits per heavy atom. The Bertz CT molecular complexity index is 847. The predicted octanol–water partition coefficient (Wildman–Crippen LogP) is 2.81. The van der Waals surface area contributed by atoms with Gasteiger partial charge in [0.2, 0.25) is 0 Å². The zero-order chi connectivity index (χ0) is 16.9. The lowest BCUT2D eigenvalue weighted by Crippen LogP contribution is -2.13. The van der Waals surface area contributed by atoms with Crippen LogP contribution in [0.5, 0.6) is 0 Å². The normalized spacial score (nSPS) is 11.4. The van der Waals surface area contributed by atoms with Crippen molar-refractivity contribution in [3.05, 3.63) is 66.0 Å². The van der Waals surface area contributed by atoms with Crippen molar-refractivity contribution < 1.29 is 22.3 Å². The Morgan fingerprint density at radius 3 is 2.61 bits per heavy atom. The molecule has 1 N–H and O–H groups in total. The number of benzene rings is 2. The molecule has 0 saturated heterocycles. The third kappa shape index (κ3) is 4.65. The van der Waals surface area contributed by atoms with Crippen molar-refractivity contribution in [1.29, 1.82) is 0 Å². The molecule has 23 heavy (non-hydrogen) atoms. The molecule has 0 aliphatic heterocycles. The van der Waals surface area contributed by atoms with E-state index >= 15 is 0 Å². The summed E-state index contributed by atoms with van der Waals surface area (Å²) >= 11 is 0. The fourth-order valence-electron chi connectivity index (χ4n) is 1.78. The van der Waals surface area contributed by atoms with E-state index in [1.165, 1.54) is 55.7 Å². The third-order valence-corrected chi connectivity index (χ3v) is 4.24. The van der Waals surface area contributed by atoms with E-state index in [9.17, 15) is 17.6 Å². The van der Waals surface area contributed by atoms with E-state index in [-0.39, 0.29) is 10.6 Å². The van der Waals surface area contributed by atoms with Crippen LogP contribution in [0.15, 0.2) is 59.5 Å². The Hall–Kier alpha value is -2.67. The molecule has 0 aliphatic carbocycles. The molecule has 0 fully saturated rings.